The van der Waals surface area contributed by atoms with Crippen LogP contribution in [0.5, 0.6) is 17.2 Å². The van der Waals surface area contributed by atoms with Crippen LogP contribution in [0.15, 0.2) is 72.8 Å². The molecule has 0 saturated carbocycles. The van der Waals surface area contributed by atoms with Gasteiger partial charge in [0.1, 0.15) is 11.6 Å². The number of rotatable bonds is 7. The van der Waals surface area contributed by atoms with E-state index in [1.807, 2.05) is 12.1 Å². The van der Waals surface area contributed by atoms with Crippen molar-refractivity contribution in [2.75, 3.05) is 12.4 Å². The maximum absolute atomic E-state index is 13.2. The van der Waals surface area contributed by atoms with Crippen molar-refractivity contribution in [1.82, 2.24) is 0 Å². The SMILES string of the molecule is COc1ccccc1Oc1ccc(NC(=O)CC(O)c2cccc(F)c2)cc1. The van der Waals surface area contributed by atoms with Crippen LogP contribution in [0.2, 0.25) is 0 Å². The van der Waals surface area contributed by atoms with E-state index >= 15 is 0 Å². The molecular formula is C22H20FNO4. The van der Waals surface area contributed by atoms with Crippen molar-refractivity contribution < 1.29 is 23.8 Å². The van der Waals surface area contributed by atoms with E-state index in [-0.39, 0.29) is 12.3 Å². The molecule has 0 bridgehead atoms. The van der Waals surface area contributed by atoms with Crippen LogP contribution in [-0.4, -0.2) is 18.1 Å². The minimum absolute atomic E-state index is 0.178. The number of carbonyl (C=O) groups is 1. The summed E-state index contributed by atoms with van der Waals surface area (Å²) in [4.78, 5) is 12.1. The number of carbonyl (C=O) groups excluding carboxylic acids is 1. The summed E-state index contributed by atoms with van der Waals surface area (Å²) >= 11 is 0. The molecule has 1 amide bonds. The molecule has 0 aliphatic rings. The summed E-state index contributed by atoms with van der Waals surface area (Å²) in [5.74, 6) is 0.950. The van der Waals surface area contributed by atoms with Crippen molar-refractivity contribution in [2.24, 2.45) is 0 Å². The zero-order valence-electron chi connectivity index (χ0n) is 15.3. The minimum Gasteiger partial charge on any atom is -0.493 e. The van der Waals surface area contributed by atoms with Crippen LogP contribution in [0.4, 0.5) is 10.1 Å². The first-order valence-corrected chi connectivity index (χ1v) is 8.69. The second-order valence-electron chi connectivity index (χ2n) is 6.10. The highest BCUT2D eigenvalue weighted by Crippen LogP contribution is 2.31. The number of hydrogen-bond donors (Lipinski definition) is 2. The fourth-order valence-corrected chi connectivity index (χ4v) is 2.66. The molecule has 0 aromatic heterocycles. The average molecular weight is 381 g/mol. The molecule has 6 heteroatoms. The monoisotopic (exact) mass is 381 g/mol. The number of aliphatic hydroxyl groups is 1. The van der Waals surface area contributed by atoms with Gasteiger partial charge in [0.25, 0.3) is 0 Å². The summed E-state index contributed by atoms with van der Waals surface area (Å²) in [7, 11) is 1.57. The zero-order chi connectivity index (χ0) is 19.9. The van der Waals surface area contributed by atoms with E-state index < -0.39 is 11.9 Å². The molecule has 1 unspecified atom stereocenters. The van der Waals surface area contributed by atoms with Crippen molar-refractivity contribution >= 4 is 11.6 Å². The Morgan fingerprint density at radius 3 is 2.43 bits per heavy atom. The highest BCUT2D eigenvalue weighted by molar-refractivity contribution is 5.91. The summed E-state index contributed by atoms with van der Waals surface area (Å²) in [6.45, 7) is 0. The second kappa shape index (κ2) is 9.01. The molecule has 0 aliphatic heterocycles. The molecule has 3 rings (SSSR count). The van der Waals surface area contributed by atoms with Crippen LogP contribution < -0.4 is 14.8 Å². The van der Waals surface area contributed by atoms with E-state index in [1.165, 1.54) is 18.2 Å². The number of benzene rings is 3. The fraction of sp³-hybridized carbons (Fsp3) is 0.136. The van der Waals surface area contributed by atoms with E-state index in [4.69, 9.17) is 9.47 Å². The number of nitrogens with one attached hydrogen (secondary N) is 1. The summed E-state index contributed by atoms with van der Waals surface area (Å²) < 4.78 is 24.2. The van der Waals surface area contributed by atoms with Gasteiger partial charge in [-0.1, -0.05) is 24.3 Å². The lowest BCUT2D eigenvalue weighted by molar-refractivity contribution is -0.118. The third-order valence-electron chi connectivity index (χ3n) is 4.05. The van der Waals surface area contributed by atoms with Gasteiger partial charge in [-0.15, -0.1) is 0 Å². The molecule has 0 heterocycles. The summed E-state index contributed by atoms with van der Waals surface area (Å²) in [6.07, 6.45) is -1.26. The lowest BCUT2D eigenvalue weighted by Crippen LogP contribution is -2.15. The van der Waals surface area contributed by atoms with Gasteiger partial charge in [0.15, 0.2) is 11.5 Å². The van der Waals surface area contributed by atoms with Gasteiger partial charge in [-0.25, -0.2) is 4.39 Å². The first-order chi connectivity index (χ1) is 13.5. The van der Waals surface area contributed by atoms with Crippen LogP contribution in [0.25, 0.3) is 0 Å². The van der Waals surface area contributed by atoms with Crippen molar-refractivity contribution in [3.05, 3.63) is 84.2 Å². The number of aliphatic hydroxyl groups excluding tert-OH is 1. The van der Waals surface area contributed by atoms with Crippen LogP contribution in [0, 0.1) is 5.82 Å². The van der Waals surface area contributed by atoms with E-state index in [0.717, 1.165) is 0 Å². The van der Waals surface area contributed by atoms with Gasteiger partial charge < -0.3 is 19.9 Å². The quantitative estimate of drug-likeness (QED) is 0.623. The van der Waals surface area contributed by atoms with Gasteiger partial charge in [-0.05, 0) is 54.1 Å². The van der Waals surface area contributed by atoms with Crippen LogP contribution in [0.1, 0.15) is 18.1 Å². The molecule has 144 valence electrons. The average Bonchev–Trinajstić information content (AvgIpc) is 2.70. The molecular weight excluding hydrogens is 361 g/mol. The Kier molecular flexibility index (Phi) is 6.24. The van der Waals surface area contributed by atoms with Crippen molar-refractivity contribution in [1.29, 1.82) is 0 Å². The Morgan fingerprint density at radius 2 is 1.75 bits per heavy atom. The molecule has 1 atom stereocenters. The fourth-order valence-electron chi connectivity index (χ4n) is 2.66. The van der Waals surface area contributed by atoms with Crippen LogP contribution >= 0.6 is 0 Å². The third-order valence-corrected chi connectivity index (χ3v) is 4.05. The number of halogens is 1. The number of amides is 1. The highest BCUT2D eigenvalue weighted by atomic mass is 19.1. The lowest BCUT2D eigenvalue weighted by atomic mass is 10.1. The maximum atomic E-state index is 13.2. The van der Waals surface area contributed by atoms with Crippen LogP contribution in [-0.2, 0) is 4.79 Å². The Bertz CT molecular complexity index is 943. The molecule has 0 spiro atoms. The molecule has 28 heavy (non-hydrogen) atoms. The standard InChI is InChI=1S/C22H20FNO4/c1-27-20-7-2-3-8-21(20)28-18-11-9-17(10-12-18)24-22(26)14-19(25)15-5-4-6-16(23)13-15/h2-13,19,25H,14H2,1H3,(H,24,26). The number of methoxy groups -OCH3 is 1. The van der Waals surface area contributed by atoms with Crippen molar-refractivity contribution in [3.63, 3.8) is 0 Å². The first kappa shape index (κ1) is 19.4. The second-order valence-corrected chi connectivity index (χ2v) is 6.10. The van der Waals surface area contributed by atoms with Crippen molar-refractivity contribution in [2.45, 2.75) is 12.5 Å². The Morgan fingerprint density at radius 1 is 1.04 bits per heavy atom. The number of anilines is 1. The van der Waals surface area contributed by atoms with E-state index in [0.29, 0.717) is 28.5 Å². The topological polar surface area (TPSA) is 67.8 Å². The first-order valence-electron chi connectivity index (χ1n) is 8.69. The van der Waals surface area contributed by atoms with Crippen molar-refractivity contribution in [3.8, 4) is 17.2 Å². The number of para-hydroxylation sites is 2. The molecule has 2 N–H and O–H groups in total. The van der Waals surface area contributed by atoms with E-state index in [1.54, 1.807) is 49.6 Å². The smallest absolute Gasteiger partial charge is 0.227 e. The summed E-state index contributed by atoms with van der Waals surface area (Å²) in [5, 5.41) is 12.8. The van der Waals surface area contributed by atoms with Gasteiger partial charge in [0.05, 0.1) is 19.6 Å². The molecule has 3 aromatic rings. The minimum atomic E-state index is -1.08. The lowest BCUT2D eigenvalue weighted by Gasteiger charge is -2.12. The molecule has 0 fully saturated rings. The van der Waals surface area contributed by atoms with Gasteiger partial charge in [-0.3, -0.25) is 4.79 Å². The van der Waals surface area contributed by atoms with Gasteiger partial charge in [0, 0.05) is 5.69 Å². The predicted molar refractivity (Wildman–Crippen MR) is 104 cm³/mol. The van der Waals surface area contributed by atoms with Crippen LogP contribution in [0.3, 0.4) is 0 Å². The Balaban J connectivity index is 1.58. The molecule has 0 radical (unpaired) electrons. The predicted octanol–water partition coefficient (Wildman–Crippen LogP) is 4.69. The largest absolute Gasteiger partial charge is 0.493 e. The third kappa shape index (κ3) is 5.08. The zero-order valence-corrected chi connectivity index (χ0v) is 15.3. The molecule has 3 aromatic carbocycles. The molecule has 0 saturated heterocycles. The highest BCUT2D eigenvalue weighted by Gasteiger charge is 2.14. The normalized spacial score (nSPS) is 11.5. The van der Waals surface area contributed by atoms with E-state index in [2.05, 4.69) is 5.32 Å². The maximum Gasteiger partial charge on any atom is 0.227 e. The number of hydrogen-bond acceptors (Lipinski definition) is 4. The summed E-state index contributed by atoms with van der Waals surface area (Å²) in [5.41, 5.74) is 0.916. The molecule has 0 aliphatic carbocycles. The Hall–Kier alpha value is -3.38. The van der Waals surface area contributed by atoms with E-state index in [9.17, 15) is 14.3 Å². The number of ether oxygens (including phenoxy) is 2. The Labute approximate surface area is 162 Å². The van der Waals surface area contributed by atoms with Gasteiger partial charge >= 0.3 is 0 Å². The van der Waals surface area contributed by atoms with Gasteiger partial charge in [0.2, 0.25) is 5.91 Å². The van der Waals surface area contributed by atoms with Gasteiger partial charge in [-0.2, -0.15) is 0 Å². The summed E-state index contributed by atoms with van der Waals surface area (Å²) in [6, 6.07) is 19.7. The molecule has 5 nitrogen and oxygen atoms in total.